The first-order valence-electron chi connectivity index (χ1n) is 5.93. The standard InChI is InChI=1S/C11H17N5O2/c12-9-3-1-2-8(9)11(18)15-7-4-14-16(5-7)6-10(13)17/h4-5,8-9H,1-3,6,12H2,(H2,13,17)(H,15,18). The van der Waals surface area contributed by atoms with Crippen molar-refractivity contribution in [3.8, 4) is 0 Å². The molecule has 18 heavy (non-hydrogen) atoms. The molecule has 0 aromatic carbocycles. The summed E-state index contributed by atoms with van der Waals surface area (Å²) in [6.07, 6.45) is 5.76. The Balaban J connectivity index is 1.94. The minimum absolute atomic E-state index is 0.00118. The Morgan fingerprint density at radius 1 is 1.50 bits per heavy atom. The van der Waals surface area contributed by atoms with Crippen molar-refractivity contribution in [2.75, 3.05) is 5.32 Å². The predicted molar refractivity (Wildman–Crippen MR) is 65.4 cm³/mol. The van der Waals surface area contributed by atoms with Crippen LogP contribution in [0.3, 0.4) is 0 Å². The van der Waals surface area contributed by atoms with Crippen molar-refractivity contribution < 1.29 is 9.59 Å². The molecule has 5 N–H and O–H groups in total. The van der Waals surface area contributed by atoms with Crippen molar-refractivity contribution in [2.45, 2.75) is 31.8 Å². The van der Waals surface area contributed by atoms with Crippen LogP contribution in [0.4, 0.5) is 5.69 Å². The number of hydrogen-bond donors (Lipinski definition) is 3. The molecule has 0 bridgehead atoms. The number of nitrogens with two attached hydrogens (primary N) is 2. The quantitative estimate of drug-likeness (QED) is 0.664. The van der Waals surface area contributed by atoms with E-state index >= 15 is 0 Å². The molecular formula is C11H17N5O2. The molecule has 1 aliphatic carbocycles. The van der Waals surface area contributed by atoms with E-state index in [4.69, 9.17) is 11.5 Å². The zero-order valence-corrected chi connectivity index (χ0v) is 10.0. The fraction of sp³-hybridized carbons (Fsp3) is 0.545. The number of anilines is 1. The van der Waals surface area contributed by atoms with Gasteiger partial charge in [0.2, 0.25) is 11.8 Å². The lowest BCUT2D eigenvalue weighted by molar-refractivity contribution is -0.120. The number of carbonyl (C=O) groups is 2. The average Bonchev–Trinajstić information content (AvgIpc) is 2.87. The van der Waals surface area contributed by atoms with E-state index in [1.54, 1.807) is 6.20 Å². The first-order valence-corrected chi connectivity index (χ1v) is 5.93. The van der Waals surface area contributed by atoms with Crippen LogP contribution in [0, 0.1) is 5.92 Å². The molecule has 2 atom stereocenters. The fourth-order valence-corrected chi connectivity index (χ4v) is 2.22. The largest absolute Gasteiger partial charge is 0.368 e. The van der Waals surface area contributed by atoms with E-state index in [0.717, 1.165) is 19.3 Å². The highest BCUT2D eigenvalue weighted by Gasteiger charge is 2.30. The van der Waals surface area contributed by atoms with Crippen LogP contribution in [0.1, 0.15) is 19.3 Å². The number of nitrogens with zero attached hydrogens (tertiary/aromatic N) is 2. The molecule has 1 heterocycles. The summed E-state index contributed by atoms with van der Waals surface area (Å²) in [5.41, 5.74) is 11.5. The first kappa shape index (κ1) is 12.6. The molecular weight excluding hydrogens is 234 g/mol. The van der Waals surface area contributed by atoms with Crippen molar-refractivity contribution in [3.63, 3.8) is 0 Å². The van der Waals surface area contributed by atoms with Gasteiger partial charge in [0.1, 0.15) is 6.54 Å². The van der Waals surface area contributed by atoms with Gasteiger partial charge in [-0.05, 0) is 12.8 Å². The number of amides is 2. The van der Waals surface area contributed by atoms with Crippen molar-refractivity contribution in [1.82, 2.24) is 9.78 Å². The number of aromatic nitrogens is 2. The molecule has 0 radical (unpaired) electrons. The highest BCUT2D eigenvalue weighted by Crippen LogP contribution is 2.25. The van der Waals surface area contributed by atoms with Crippen LogP contribution in [0.25, 0.3) is 0 Å². The van der Waals surface area contributed by atoms with E-state index in [-0.39, 0.29) is 24.4 Å². The van der Waals surface area contributed by atoms with Crippen LogP contribution < -0.4 is 16.8 Å². The maximum absolute atomic E-state index is 11.9. The van der Waals surface area contributed by atoms with Gasteiger partial charge in [-0.15, -0.1) is 0 Å². The number of hydrogen-bond acceptors (Lipinski definition) is 4. The SMILES string of the molecule is NC(=O)Cn1cc(NC(=O)C2CCCC2N)cn1. The second-order valence-electron chi connectivity index (χ2n) is 4.58. The van der Waals surface area contributed by atoms with E-state index in [0.29, 0.717) is 5.69 Å². The lowest BCUT2D eigenvalue weighted by Gasteiger charge is -2.13. The van der Waals surface area contributed by atoms with Gasteiger partial charge < -0.3 is 16.8 Å². The number of nitrogens with one attached hydrogen (secondary N) is 1. The third-order valence-electron chi connectivity index (χ3n) is 3.12. The lowest BCUT2D eigenvalue weighted by atomic mass is 10.0. The third kappa shape index (κ3) is 2.86. The highest BCUT2D eigenvalue weighted by molar-refractivity contribution is 5.93. The maximum Gasteiger partial charge on any atom is 0.239 e. The van der Waals surface area contributed by atoms with Gasteiger partial charge in [0.05, 0.1) is 17.8 Å². The molecule has 7 heteroatoms. The van der Waals surface area contributed by atoms with Gasteiger partial charge >= 0.3 is 0 Å². The Kier molecular flexibility index (Phi) is 3.61. The Morgan fingerprint density at radius 2 is 2.28 bits per heavy atom. The molecule has 1 aliphatic rings. The van der Waals surface area contributed by atoms with Crippen LogP contribution >= 0.6 is 0 Å². The van der Waals surface area contributed by atoms with Gasteiger partial charge in [-0.25, -0.2) is 0 Å². The van der Waals surface area contributed by atoms with Gasteiger partial charge in [0.15, 0.2) is 0 Å². The predicted octanol–water partition coefficient (Wildman–Crippen LogP) is -0.566. The van der Waals surface area contributed by atoms with Gasteiger partial charge in [0, 0.05) is 12.2 Å². The third-order valence-corrected chi connectivity index (χ3v) is 3.12. The molecule has 1 aromatic rings. The molecule has 1 fully saturated rings. The monoisotopic (exact) mass is 251 g/mol. The summed E-state index contributed by atoms with van der Waals surface area (Å²) in [5.74, 6) is -0.697. The first-order chi connectivity index (χ1) is 8.56. The van der Waals surface area contributed by atoms with Crippen LogP contribution in [0.15, 0.2) is 12.4 Å². The van der Waals surface area contributed by atoms with E-state index in [9.17, 15) is 9.59 Å². The summed E-state index contributed by atoms with van der Waals surface area (Å²) < 4.78 is 1.38. The lowest BCUT2D eigenvalue weighted by Crippen LogP contribution is -2.34. The molecule has 2 rings (SSSR count). The zero-order chi connectivity index (χ0) is 13.1. The number of carbonyl (C=O) groups excluding carboxylic acids is 2. The second-order valence-corrected chi connectivity index (χ2v) is 4.58. The molecule has 2 amide bonds. The van der Waals surface area contributed by atoms with E-state index < -0.39 is 5.91 Å². The summed E-state index contributed by atoms with van der Waals surface area (Å²) in [6.45, 7) is -0.00118. The Hall–Kier alpha value is -1.89. The molecule has 1 aromatic heterocycles. The molecule has 1 saturated carbocycles. The van der Waals surface area contributed by atoms with Crippen LogP contribution in [0.2, 0.25) is 0 Å². The molecule has 0 aliphatic heterocycles. The van der Waals surface area contributed by atoms with Crippen LogP contribution in [-0.4, -0.2) is 27.6 Å². The van der Waals surface area contributed by atoms with Gasteiger partial charge in [-0.1, -0.05) is 6.42 Å². The summed E-state index contributed by atoms with van der Waals surface area (Å²) in [6, 6.07) is -0.0642. The van der Waals surface area contributed by atoms with Gasteiger partial charge in [0.25, 0.3) is 0 Å². The maximum atomic E-state index is 11.9. The van der Waals surface area contributed by atoms with Crippen molar-refractivity contribution in [3.05, 3.63) is 12.4 Å². The van der Waals surface area contributed by atoms with Crippen LogP contribution in [-0.2, 0) is 16.1 Å². The highest BCUT2D eigenvalue weighted by atomic mass is 16.2. The number of rotatable bonds is 4. The summed E-state index contributed by atoms with van der Waals surface area (Å²) in [5, 5.41) is 6.68. The number of primary amides is 1. The minimum atomic E-state index is -0.478. The van der Waals surface area contributed by atoms with E-state index in [1.807, 2.05) is 0 Å². The smallest absolute Gasteiger partial charge is 0.239 e. The molecule has 2 unspecified atom stereocenters. The van der Waals surface area contributed by atoms with Crippen molar-refractivity contribution in [1.29, 1.82) is 0 Å². The van der Waals surface area contributed by atoms with Crippen LogP contribution in [0.5, 0.6) is 0 Å². The summed E-state index contributed by atoms with van der Waals surface area (Å²) in [4.78, 5) is 22.6. The summed E-state index contributed by atoms with van der Waals surface area (Å²) in [7, 11) is 0. The Bertz CT molecular complexity index is 456. The topological polar surface area (TPSA) is 116 Å². The molecule has 98 valence electrons. The summed E-state index contributed by atoms with van der Waals surface area (Å²) >= 11 is 0. The fourth-order valence-electron chi connectivity index (χ4n) is 2.22. The van der Waals surface area contributed by atoms with Crippen molar-refractivity contribution in [2.24, 2.45) is 17.4 Å². The average molecular weight is 251 g/mol. The normalized spacial score (nSPS) is 22.9. The van der Waals surface area contributed by atoms with Crippen molar-refractivity contribution >= 4 is 17.5 Å². The minimum Gasteiger partial charge on any atom is -0.368 e. The van der Waals surface area contributed by atoms with Gasteiger partial charge in [-0.2, -0.15) is 5.10 Å². The van der Waals surface area contributed by atoms with E-state index in [2.05, 4.69) is 10.4 Å². The Morgan fingerprint density at radius 3 is 2.89 bits per heavy atom. The zero-order valence-electron chi connectivity index (χ0n) is 10.0. The molecule has 0 spiro atoms. The second kappa shape index (κ2) is 5.18. The van der Waals surface area contributed by atoms with Gasteiger partial charge in [-0.3, -0.25) is 14.3 Å². The molecule has 7 nitrogen and oxygen atoms in total. The Labute approximate surface area is 105 Å². The van der Waals surface area contributed by atoms with E-state index in [1.165, 1.54) is 10.9 Å². The molecule has 0 saturated heterocycles.